The third kappa shape index (κ3) is 1.95. The SMILES string of the molecule is COc1ccc2c(c1[C@H]1CCCN1)CCCC2. The molecule has 0 unspecified atom stereocenters. The van der Waals surface area contributed by atoms with E-state index in [1.54, 1.807) is 18.2 Å². The molecule has 0 aromatic heterocycles. The van der Waals surface area contributed by atoms with Crippen LogP contribution in [0.3, 0.4) is 0 Å². The van der Waals surface area contributed by atoms with E-state index in [1.165, 1.54) is 44.1 Å². The second-order valence-electron chi connectivity index (χ2n) is 5.18. The second kappa shape index (κ2) is 4.69. The van der Waals surface area contributed by atoms with Gasteiger partial charge in [-0.3, -0.25) is 0 Å². The average molecular weight is 231 g/mol. The van der Waals surface area contributed by atoms with Crippen molar-refractivity contribution in [1.29, 1.82) is 0 Å². The van der Waals surface area contributed by atoms with Gasteiger partial charge in [0.05, 0.1) is 7.11 Å². The fourth-order valence-corrected chi connectivity index (χ4v) is 3.33. The molecule has 2 aliphatic rings. The number of fused-ring (bicyclic) bond motifs is 1. The fourth-order valence-electron chi connectivity index (χ4n) is 3.33. The Morgan fingerprint density at radius 2 is 2.06 bits per heavy atom. The number of aryl methyl sites for hydroxylation is 1. The molecule has 3 rings (SSSR count). The van der Waals surface area contributed by atoms with Gasteiger partial charge >= 0.3 is 0 Å². The van der Waals surface area contributed by atoms with Crippen molar-refractivity contribution in [3.8, 4) is 5.75 Å². The van der Waals surface area contributed by atoms with Crippen LogP contribution in [0.1, 0.15) is 48.4 Å². The van der Waals surface area contributed by atoms with Crippen LogP contribution in [0, 0.1) is 0 Å². The lowest BCUT2D eigenvalue weighted by molar-refractivity contribution is 0.401. The first kappa shape index (κ1) is 11.1. The normalized spacial score (nSPS) is 23.5. The van der Waals surface area contributed by atoms with Gasteiger partial charge < -0.3 is 10.1 Å². The zero-order valence-electron chi connectivity index (χ0n) is 10.6. The molecule has 1 aliphatic heterocycles. The van der Waals surface area contributed by atoms with Crippen LogP contribution in [-0.2, 0) is 12.8 Å². The predicted octanol–water partition coefficient (Wildman–Crippen LogP) is 3.00. The zero-order valence-corrected chi connectivity index (χ0v) is 10.6. The molecule has 1 fully saturated rings. The molecule has 1 N–H and O–H groups in total. The molecular weight excluding hydrogens is 210 g/mol. The fraction of sp³-hybridized carbons (Fsp3) is 0.600. The quantitative estimate of drug-likeness (QED) is 0.845. The highest BCUT2D eigenvalue weighted by Gasteiger charge is 2.25. The summed E-state index contributed by atoms with van der Waals surface area (Å²) >= 11 is 0. The Hall–Kier alpha value is -1.02. The maximum absolute atomic E-state index is 5.58. The standard InChI is InChI=1S/C15H21NO/c1-17-14-9-8-11-5-2-3-6-12(11)15(14)13-7-4-10-16-13/h8-9,13,16H,2-7,10H2,1H3/t13-/m1/s1. The van der Waals surface area contributed by atoms with Crippen LogP contribution in [-0.4, -0.2) is 13.7 Å². The van der Waals surface area contributed by atoms with Crippen LogP contribution < -0.4 is 10.1 Å². The summed E-state index contributed by atoms with van der Waals surface area (Å²) in [6, 6.07) is 4.96. The van der Waals surface area contributed by atoms with Gasteiger partial charge in [0.2, 0.25) is 0 Å². The van der Waals surface area contributed by atoms with Crippen molar-refractivity contribution >= 4 is 0 Å². The lowest BCUT2D eigenvalue weighted by Crippen LogP contribution is -2.18. The molecule has 2 nitrogen and oxygen atoms in total. The van der Waals surface area contributed by atoms with E-state index in [4.69, 9.17) is 4.74 Å². The molecule has 0 saturated carbocycles. The third-order valence-corrected chi connectivity index (χ3v) is 4.17. The summed E-state index contributed by atoms with van der Waals surface area (Å²) in [6.07, 6.45) is 7.71. The van der Waals surface area contributed by atoms with Crippen molar-refractivity contribution in [2.75, 3.05) is 13.7 Å². The van der Waals surface area contributed by atoms with Crippen LogP contribution in [0.5, 0.6) is 5.75 Å². The summed E-state index contributed by atoms with van der Waals surface area (Å²) in [5.74, 6) is 1.09. The third-order valence-electron chi connectivity index (χ3n) is 4.17. The second-order valence-corrected chi connectivity index (χ2v) is 5.18. The maximum Gasteiger partial charge on any atom is 0.123 e. The number of benzene rings is 1. The van der Waals surface area contributed by atoms with Crippen molar-refractivity contribution in [2.24, 2.45) is 0 Å². The number of methoxy groups -OCH3 is 1. The smallest absolute Gasteiger partial charge is 0.123 e. The average Bonchev–Trinajstić information content (AvgIpc) is 2.91. The van der Waals surface area contributed by atoms with Gasteiger partial charge in [-0.15, -0.1) is 0 Å². The van der Waals surface area contributed by atoms with Crippen molar-refractivity contribution in [3.05, 3.63) is 28.8 Å². The number of rotatable bonds is 2. The molecule has 1 atom stereocenters. The van der Waals surface area contributed by atoms with E-state index in [0.29, 0.717) is 6.04 Å². The first-order valence-electron chi connectivity index (χ1n) is 6.82. The molecule has 1 aromatic carbocycles. The van der Waals surface area contributed by atoms with Gasteiger partial charge in [0.15, 0.2) is 0 Å². The molecule has 0 spiro atoms. The molecule has 17 heavy (non-hydrogen) atoms. The number of hydrogen-bond acceptors (Lipinski definition) is 2. The van der Waals surface area contributed by atoms with Crippen molar-refractivity contribution in [3.63, 3.8) is 0 Å². The Bertz CT molecular complexity index is 408. The van der Waals surface area contributed by atoms with E-state index >= 15 is 0 Å². The molecule has 1 aromatic rings. The zero-order chi connectivity index (χ0) is 11.7. The van der Waals surface area contributed by atoms with Crippen molar-refractivity contribution in [2.45, 2.75) is 44.6 Å². The lowest BCUT2D eigenvalue weighted by Gasteiger charge is -2.25. The molecule has 1 saturated heterocycles. The van der Waals surface area contributed by atoms with Gasteiger partial charge in [0, 0.05) is 11.6 Å². The van der Waals surface area contributed by atoms with Crippen molar-refractivity contribution < 1.29 is 4.74 Å². The summed E-state index contributed by atoms with van der Waals surface area (Å²) in [4.78, 5) is 0. The minimum absolute atomic E-state index is 0.526. The summed E-state index contributed by atoms with van der Waals surface area (Å²) in [5, 5.41) is 3.62. The molecule has 0 radical (unpaired) electrons. The summed E-state index contributed by atoms with van der Waals surface area (Å²) in [7, 11) is 1.79. The van der Waals surface area contributed by atoms with Gasteiger partial charge in [-0.2, -0.15) is 0 Å². The maximum atomic E-state index is 5.58. The molecule has 92 valence electrons. The van der Waals surface area contributed by atoms with Gasteiger partial charge in [-0.25, -0.2) is 0 Å². The van der Waals surface area contributed by atoms with Crippen LogP contribution >= 0.6 is 0 Å². The van der Waals surface area contributed by atoms with E-state index in [1.807, 2.05) is 0 Å². The molecule has 2 heteroatoms. The number of nitrogens with one attached hydrogen (secondary N) is 1. The van der Waals surface area contributed by atoms with Crippen LogP contribution in [0.15, 0.2) is 12.1 Å². The van der Waals surface area contributed by atoms with Gasteiger partial charge in [0.1, 0.15) is 5.75 Å². The Morgan fingerprint density at radius 3 is 2.82 bits per heavy atom. The summed E-state index contributed by atoms with van der Waals surface area (Å²) in [6.45, 7) is 1.15. The van der Waals surface area contributed by atoms with Gasteiger partial charge in [0.25, 0.3) is 0 Å². The Balaban J connectivity index is 2.07. The van der Waals surface area contributed by atoms with E-state index in [2.05, 4.69) is 17.4 Å². The molecule has 1 heterocycles. The summed E-state index contributed by atoms with van der Waals surface area (Å²) < 4.78 is 5.58. The minimum atomic E-state index is 0.526. The van der Waals surface area contributed by atoms with Crippen LogP contribution in [0.2, 0.25) is 0 Å². The first-order chi connectivity index (χ1) is 8.40. The Labute approximate surface area is 103 Å². The van der Waals surface area contributed by atoms with Gasteiger partial charge in [-0.05, 0) is 62.3 Å². The number of ether oxygens (including phenoxy) is 1. The Morgan fingerprint density at radius 1 is 1.18 bits per heavy atom. The van der Waals surface area contributed by atoms with E-state index < -0.39 is 0 Å². The predicted molar refractivity (Wildman–Crippen MR) is 69.6 cm³/mol. The summed E-state index contributed by atoms with van der Waals surface area (Å²) in [5.41, 5.74) is 4.60. The van der Waals surface area contributed by atoms with Crippen LogP contribution in [0.25, 0.3) is 0 Å². The highest BCUT2D eigenvalue weighted by Crippen LogP contribution is 2.38. The van der Waals surface area contributed by atoms with Gasteiger partial charge in [-0.1, -0.05) is 6.07 Å². The molecule has 0 amide bonds. The van der Waals surface area contributed by atoms with Crippen LogP contribution in [0.4, 0.5) is 0 Å². The largest absolute Gasteiger partial charge is 0.496 e. The first-order valence-corrected chi connectivity index (χ1v) is 6.82. The van der Waals surface area contributed by atoms with E-state index in [-0.39, 0.29) is 0 Å². The molecule has 0 bridgehead atoms. The van der Waals surface area contributed by atoms with E-state index in [0.717, 1.165) is 12.3 Å². The number of hydrogen-bond donors (Lipinski definition) is 1. The monoisotopic (exact) mass is 231 g/mol. The van der Waals surface area contributed by atoms with E-state index in [9.17, 15) is 0 Å². The highest BCUT2D eigenvalue weighted by molar-refractivity contribution is 5.48. The molecular formula is C15H21NO. The molecule has 1 aliphatic carbocycles. The lowest BCUT2D eigenvalue weighted by atomic mass is 9.85. The topological polar surface area (TPSA) is 21.3 Å². The highest BCUT2D eigenvalue weighted by atomic mass is 16.5. The minimum Gasteiger partial charge on any atom is -0.496 e. The van der Waals surface area contributed by atoms with Crippen molar-refractivity contribution in [1.82, 2.24) is 5.32 Å². The Kier molecular flexibility index (Phi) is 3.06.